The highest BCUT2D eigenvalue weighted by atomic mass is 32.2. The summed E-state index contributed by atoms with van der Waals surface area (Å²) in [5, 5.41) is 2.76. The number of aryl methyl sites for hydroxylation is 1. The van der Waals surface area contributed by atoms with E-state index in [0.29, 0.717) is 25.2 Å². The van der Waals surface area contributed by atoms with E-state index in [0.717, 1.165) is 5.56 Å². The molecule has 0 saturated carbocycles. The van der Waals surface area contributed by atoms with Gasteiger partial charge in [-0.1, -0.05) is 12.1 Å². The number of rotatable bonds is 4. The molecular formula is C14H19FN2O3S. The second-order valence-electron chi connectivity index (χ2n) is 5.29. The van der Waals surface area contributed by atoms with Crippen LogP contribution >= 0.6 is 0 Å². The van der Waals surface area contributed by atoms with E-state index < -0.39 is 9.84 Å². The van der Waals surface area contributed by atoms with Crippen LogP contribution in [0.25, 0.3) is 0 Å². The minimum absolute atomic E-state index is 0.109. The van der Waals surface area contributed by atoms with Crippen LogP contribution < -0.4 is 5.32 Å². The van der Waals surface area contributed by atoms with E-state index in [4.69, 9.17) is 0 Å². The predicted molar refractivity (Wildman–Crippen MR) is 78.1 cm³/mol. The number of sulfone groups is 1. The quantitative estimate of drug-likeness (QED) is 0.878. The molecule has 1 saturated heterocycles. The standard InChI is InChI=1S/C14H19FN2O3S/c1-11-8-12(2-3-13(11)15)9-16-14(18)10-17-4-6-21(19,20)7-5-17/h2-3,8H,4-7,9-10H2,1H3,(H,16,18). The van der Waals surface area contributed by atoms with Gasteiger partial charge in [0, 0.05) is 19.6 Å². The van der Waals surface area contributed by atoms with Gasteiger partial charge in [0.25, 0.3) is 0 Å². The van der Waals surface area contributed by atoms with E-state index in [1.165, 1.54) is 6.07 Å². The van der Waals surface area contributed by atoms with Crippen LogP contribution in [0.3, 0.4) is 0 Å². The summed E-state index contributed by atoms with van der Waals surface area (Å²) in [5.41, 5.74) is 1.38. The summed E-state index contributed by atoms with van der Waals surface area (Å²) in [6.45, 7) is 2.99. The zero-order valence-electron chi connectivity index (χ0n) is 11.9. The van der Waals surface area contributed by atoms with Crippen molar-refractivity contribution < 1.29 is 17.6 Å². The summed E-state index contributed by atoms with van der Waals surface area (Å²) in [7, 11) is -2.92. The van der Waals surface area contributed by atoms with Crippen molar-refractivity contribution in [3.8, 4) is 0 Å². The topological polar surface area (TPSA) is 66.5 Å². The van der Waals surface area contributed by atoms with Crippen molar-refractivity contribution in [3.63, 3.8) is 0 Å². The molecule has 1 amide bonds. The number of benzene rings is 1. The van der Waals surface area contributed by atoms with Crippen LogP contribution in [0, 0.1) is 12.7 Å². The van der Waals surface area contributed by atoms with E-state index in [9.17, 15) is 17.6 Å². The smallest absolute Gasteiger partial charge is 0.234 e. The first-order chi connectivity index (χ1) is 9.85. The molecule has 1 fully saturated rings. The lowest BCUT2D eigenvalue weighted by Crippen LogP contribution is -2.45. The number of nitrogens with zero attached hydrogens (tertiary/aromatic N) is 1. The van der Waals surface area contributed by atoms with Gasteiger partial charge >= 0.3 is 0 Å². The van der Waals surface area contributed by atoms with Crippen molar-refractivity contribution in [1.29, 1.82) is 0 Å². The number of amides is 1. The maximum absolute atomic E-state index is 13.1. The molecule has 0 aliphatic carbocycles. The summed E-state index contributed by atoms with van der Waals surface area (Å²) in [4.78, 5) is 13.6. The Morgan fingerprint density at radius 3 is 2.62 bits per heavy atom. The first-order valence-corrected chi connectivity index (χ1v) is 8.62. The van der Waals surface area contributed by atoms with Crippen LogP contribution in [-0.4, -0.2) is 50.4 Å². The van der Waals surface area contributed by atoms with Gasteiger partial charge in [-0.05, 0) is 24.1 Å². The molecule has 2 rings (SSSR count). The minimum Gasteiger partial charge on any atom is -0.351 e. The average molecular weight is 314 g/mol. The summed E-state index contributed by atoms with van der Waals surface area (Å²) in [5.74, 6) is -0.203. The Morgan fingerprint density at radius 2 is 2.00 bits per heavy atom. The third-order valence-electron chi connectivity index (χ3n) is 3.52. The Kier molecular flexibility index (Phi) is 4.95. The predicted octanol–water partition coefficient (Wildman–Crippen LogP) is 0.481. The molecule has 0 aromatic heterocycles. The molecule has 0 bridgehead atoms. The lowest BCUT2D eigenvalue weighted by Gasteiger charge is -2.25. The van der Waals surface area contributed by atoms with E-state index in [1.54, 1.807) is 19.1 Å². The Hall–Kier alpha value is -1.47. The summed E-state index contributed by atoms with van der Waals surface area (Å²) in [6.07, 6.45) is 0. The van der Waals surface area contributed by atoms with Gasteiger partial charge in [0.15, 0.2) is 9.84 Å². The van der Waals surface area contributed by atoms with Gasteiger partial charge in [-0.15, -0.1) is 0 Å². The second-order valence-corrected chi connectivity index (χ2v) is 7.59. The molecule has 21 heavy (non-hydrogen) atoms. The largest absolute Gasteiger partial charge is 0.351 e. The third kappa shape index (κ3) is 4.78. The Bertz CT molecular complexity index is 617. The highest BCUT2D eigenvalue weighted by Crippen LogP contribution is 2.09. The van der Waals surface area contributed by atoms with E-state index >= 15 is 0 Å². The highest BCUT2D eigenvalue weighted by molar-refractivity contribution is 7.91. The zero-order chi connectivity index (χ0) is 15.5. The fraction of sp³-hybridized carbons (Fsp3) is 0.500. The number of hydrogen-bond acceptors (Lipinski definition) is 4. The summed E-state index contributed by atoms with van der Waals surface area (Å²) in [6, 6.07) is 4.71. The van der Waals surface area contributed by atoms with Crippen molar-refractivity contribution in [3.05, 3.63) is 35.1 Å². The molecule has 0 atom stereocenters. The molecule has 1 aliphatic rings. The van der Waals surface area contributed by atoms with Crippen LogP contribution in [-0.2, 0) is 21.2 Å². The summed E-state index contributed by atoms with van der Waals surface area (Å²) >= 11 is 0. The maximum Gasteiger partial charge on any atom is 0.234 e. The average Bonchev–Trinajstić information content (AvgIpc) is 2.43. The normalized spacial score (nSPS) is 18.4. The summed E-state index contributed by atoms with van der Waals surface area (Å²) < 4.78 is 35.7. The first kappa shape index (κ1) is 15.9. The molecular weight excluding hydrogens is 295 g/mol. The molecule has 0 unspecified atom stereocenters. The van der Waals surface area contributed by atoms with Gasteiger partial charge < -0.3 is 5.32 Å². The fourth-order valence-electron chi connectivity index (χ4n) is 2.18. The van der Waals surface area contributed by atoms with Crippen molar-refractivity contribution in [2.24, 2.45) is 0 Å². The monoisotopic (exact) mass is 314 g/mol. The van der Waals surface area contributed by atoms with Gasteiger partial charge in [0.1, 0.15) is 5.82 Å². The first-order valence-electron chi connectivity index (χ1n) is 6.80. The molecule has 7 heteroatoms. The van der Waals surface area contributed by atoms with Crippen molar-refractivity contribution in [1.82, 2.24) is 10.2 Å². The number of carbonyl (C=O) groups is 1. The Morgan fingerprint density at radius 1 is 1.33 bits per heavy atom. The van der Waals surface area contributed by atoms with Crippen LogP contribution in [0.2, 0.25) is 0 Å². The number of carbonyl (C=O) groups excluding carboxylic acids is 1. The van der Waals surface area contributed by atoms with Crippen LogP contribution in [0.5, 0.6) is 0 Å². The Labute approximate surface area is 124 Å². The molecule has 5 nitrogen and oxygen atoms in total. The molecule has 1 aromatic carbocycles. The van der Waals surface area contributed by atoms with Gasteiger partial charge in [0.05, 0.1) is 18.1 Å². The van der Waals surface area contributed by atoms with Crippen molar-refractivity contribution >= 4 is 15.7 Å². The number of halogens is 1. The van der Waals surface area contributed by atoms with Gasteiger partial charge in [-0.3, -0.25) is 9.69 Å². The van der Waals surface area contributed by atoms with E-state index in [2.05, 4.69) is 5.32 Å². The van der Waals surface area contributed by atoms with Crippen LogP contribution in [0.15, 0.2) is 18.2 Å². The molecule has 1 aromatic rings. The molecule has 1 aliphatic heterocycles. The minimum atomic E-state index is -2.92. The second kappa shape index (κ2) is 6.53. The lowest BCUT2D eigenvalue weighted by atomic mass is 10.1. The number of nitrogens with one attached hydrogen (secondary N) is 1. The number of hydrogen-bond donors (Lipinski definition) is 1. The van der Waals surface area contributed by atoms with Crippen LogP contribution in [0.1, 0.15) is 11.1 Å². The SMILES string of the molecule is Cc1cc(CNC(=O)CN2CCS(=O)(=O)CC2)ccc1F. The van der Waals surface area contributed by atoms with Crippen molar-refractivity contribution in [2.45, 2.75) is 13.5 Å². The van der Waals surface area contributed by atoms with Gasteiger partial charge in [0.2, 0.25) is 5.91 Å². The van der Waals surface area contributed by atoms with E-state index in [1.807, 2.05) is 4.90 Å². The molecule has 116 valence electrons. The van der Waals surface area contributed by atoms with E-state index in [-0.39, 0.29) is 29.8 Å². The molecule has 1 heterocycles. The van der Waals surface area contributed by atoms with Crippen LogP contribution in [0.4, 0.5) is 4.39 Å². The lowest BCUT2D eigenvalue weighted by molar-refractivity contribution is -0.122. The van der Waals surface area contributed by atoms with Gasteiger partial charge in [-0.25, -0.2) is 12.8 Å². The zero-order valence-corrected chi connectivity index (χ0v) is 12.7. The Balaban J connectivity index is 1.78. The maximum atomic E-state index is 13.1. The highest BCUT2D eigenvalue weighted by Gasteiger charge is 2.22. The molecule has 0 spiro atoms. The fourth-order valence-corrected chi connectivity index (χ4v) is 3.46. The third-order valence-corrected chi connectivity index (χ3v) is 5.13. The molecule has 1 N–H and O–H groups in total. The molecule has 0 radical (unpaired) electrons. The van der Waals surface area contributed by atoms with Gasteiger partial charge in [-0.2, -0.15) is 0 Å². The van der Waals surface area contributed by atoms with Crippen molar-refractivity contribution in [2.75, 3.05) is 31.1 Å².